The molecule has 0 aliphatic carbocycles. The van der Waals surface area contributed by atoms with E-state index in [1.807, 2.05) is 0 Å². The standard InChI is InChI=1S/C20H24N4O6S/c1-14(24(31(3,27)28)16-6-10-17(29-2)11-7-16)20(26)23-22-12-15-4-8-18(9-5-15)30-13-19(21)25/h4-12,14H,13H2,1-3H3,(H2,21,25)(H,23,26)/b22-12-/t14-/m0/s1. The van der Waals surface area contributed by atoms with Gasteiger partial charge in [-0.25, -0.2) is 13.8 Å². The maximum Gasteiger partial charge on any atom is 0.263 e. The maximum absolute atomic E-state index is 12.5. The molecule has 10 nitrogen and oxygen atoms in total. The zero-order valence-corrected chi connectivity index (χ0v) is 18.1. The predicted octanol–water partition coefficient (Wildman–Crippen LogP) is 0.864. The zero-order valence-electron chi connectivity index (χ0n) is 17.3. The number of methoxy groups -OCH3 is 1. The molecule has 166 valence electrons. The number of carbonyl (C=O) groups excluding carboxylic acids is 2. The molecule has 0 radical (unpaired) electrons. The van der Waals surface area contributed by atoms with E-state index in [1.54, 1.807) is 48.5 Å². The molecule has 0 unspecified atom stereocenters. The molecule has 2 amide bonds. The summed E-state index contributed by atoms with van der Waals surface area (Å²) >= 11 is 0. The Bertz CT molecular complexity index is 1040. The molecule has 3 N–H and O–H groups in total. The number of amides is 2. The van der Waals surface area contributed by atoms with E-state index in [4.69, 9.17) is 15.2 Å². The molecule has 2 rings (SSSR count). The van der Waals surface area contributed by atoms with E-state index in [0.29, 0.717) is 22.7 Å². The normalized spacial score (nSPS) is 12.2. The lowest BCUT2D eigenvalue weighted by molar-refractivity contribution is -0.122. The van der Waals surface area contributed by atoms with Crippen molar-refractivity contribution in [2.45, 2.75) is 13.0 Å². The molecular weight excluding hydrogens is 424 g/mol. The van der Waals surface area contributed by atoms with E-state index in [1.165, 1.54) is 20.2 Å². The zero-order chi connectivity index (χ0) is 23.0. The lowest BCUT2D eigenvalue weighted by atomic mass is 10.2. The quantitative estimate of drug-likeness (QED) is 0.408. The van der Waals surface area contributed by atoms with Gasteiger partial charge < -0.3 is 15.2 Å². The van der Waals surface area contributed by atoms with Crippen LogP contribution < -0.4 is 24.9 Å². The third-order valence-corrected chi connectivity index (χ3v) is 5.31. The van der Waals surface area contributed by atoms with Crippen LogP contribution in [0.15, 0.2) is 53.6 Å². The number of benzene rings is 2. The molecule has 0 aromatic heterocycles. The Morgan fingerprint density at radius 1 is 1.13 bits per heavy atom. The van der Waals surface area contributed by atoms with Crippen LogP contribution in [-0.2, 0) is 19.6 Å². The van der Waals surface area contributed by atoms with Crippen molar-refractivity contribution in [2.24, 2.45) is 10.8 Å². The molecule has 0 saturated heterocycles. The lowest BCUT2D eigenvalue weighted by Crippen LogP contribution is -2.46. The molecule has 0 aliphatic heterocycles. The average molecular weight is 449 g/mol. The number of primary amides is 1. The number of ether oxygens (including phenoxy) is 2. The Kier molecular flexibility index (Phi) is 7.97. The Morgan fingerprint density at radius 3 is 2.23 bits per heavy atom. The summed E-state index contributed by atoms with van der Waals surface area (Å²) in [5.41, 5.74) is 8.32. The van der Waals surface area contributed by atoms with Crippen molar-refractivity contribution in [3.05, 3.63) is 54.1 Å². The molecule has 0 saturated carbocycles. The molecular formula is C20H24N4O6S. The Labute approximate surface area is 180 Å². The fraction of sp³-hybridized carbons (Fsp3) is 0.250. The number of rotatable bonds is 10. The number of hydrogen-bond acceptors (Lipinski definition) is 7. The van der Waals surface area contributed by atoms with Crippen LogP contribution in [0.3, 0.4) is 0 Å². The van der Waals surface area contributed by atoms with Crippen LogP contribution >= 0.6 is 0 Å². The molecule has 2 aromatic carbocycles. The number of nitrogens with one attached hydrogen (secondary N) is 1. The summed E-state index contributed by atoms with van der Waals surface area (Å²) < 4.78 is 35.8. The SMILES string of the molecule is COc1ccc(N([C@@H](C)C(=O)N/N=C\c2ccc(OCC(N)=O)cc2)S(C)(=O)=O)cc1. The molecule has 31 heavy (non-hydrogen) atoms. The second-order valence-corrected chi connectivity index (χ2v) is 8.35. The number of carbonyl (C=O) groups is 2. The Balaban J connectivity index is 2.05. The molecule has 0 aliphatic rings. The minimum absolute atomic E-state index is 0.230. The van der Waals surface area contributed by atoms with Gasteiger partial charge in [-0.15, -0.1) is 0 Å². The second kappa shape index (κ2) is 10.4. The van der Waals surface area contributed by atoms with Gasteiger partial charge >= 0.3 is 0 Å². The highest BCUT2D eigenvalue weighted by atomic mass is 32.2. The van der Waals surface area contributed by atoms with Gasteiger partial charge in [0, 0.05) is 0 Å². The van der Waals surface area contributed by atoms with Crippen molar-refractivity contribution in [3.8, 4) is 11.5 Å². The van der Waals surface area contributed by atoms with Gasteiger partial charge in [-0.1, -0.05) is 0 Å². The number of hydrogen-bond donors (Lipinski definition) is 2. The molecule has 1 atom stereocenters. The van der Waals surface area contributed by atoms with Gasteiger partial charge in [0.05, 0.1) is 25.3 Å². The third kappa shape index (κ3) is 7.00. The summed E-state index contributed by atoms with van der Waals surface area (Å²) in [6.07, 6.45) is 2.41. The summed E-state index contributed by atoms with van der Waals surface area (Å²) in [6, 6.07) is 11.8. The van der Waals surface area contributed by atoms with Crippen LogP contribution in [0, 0.1) is 0 Å². The van der Waals surface area contributed by atoms with Gasteiger partial charge in [-0.2, -0.15) is 5.10 Å². The third-order valence-electron chi connectivity index (χ3n) is 4.06. The molecule has 0 bridgehead atoms. The van der Waals surface area contributed by atoms with Crippen LogP contribution in [0.5, 0.6) is 11.5 Å². The largest absolute Gasteiger partial charge is 0.497 e. The van der Waals surface area contributed by atoms with Gasteiger partial charge in [0.25, 0.3) is 11.8 Å². The summed E-state index contributed by atoms with van der Waals surface area (Å²) in [5.74, 6) is -0.180. The van der Waals surface area contributed by atoms with Crippen molar-refractivity contribution in [2.75, 3.05) is 24.3 Å². The maximum atomic E-state index is 12.5. The number of anilines is 1. The number of nitrogens with two attached hydrogens (primary N) is 1. The van der Waals surface area contributed by atoms with Crippen molar-refractivity contribution in [1.82, 2.24) is 5.43 Å². The topological polar surface area (TPSA) is 140 Å². The van der Waals surface area contributed by atoms with E-state index in [-0.39, 0.29) is 6.61 Å². The van der Waals surface area contributed by atoms with Crippen LogP contribution in [-0.4, -0.2) is 52.5 Å². The highest BCUT2D eigenvalue weighted by Gasteiger charge is 2.29. The molecule has 11 heteroatoms. The van der Waals surface area contributed by atoms with E-state index in [2.05, 4.69) is 10.5 Å². The number of sulfonamides is 1. The first kappa shape index (κ1) is 23.7. The molecule has 0 heterocycles. The van der Waals surface area contributed by atoms with E-state index in [0.717, 1.165) is 10.6 Å². The van der Waals surface area contributed by atoms with E-state index < -0.39 is 27.9 Å². The fourth-order valence-electron chi connectivity index (χ4n) is 2.61. The first-order valence-corrected chi connectivity index (χ1v) is 10.9. The second-order valence-electron chi connectivity index (χ2n) is 6.49. The van der Waals surface area contributed by atoms with E-state index >= 15 is 0 Å². The fourth-order valence-corrected chi connectivity index (χ4v) is 3.78. The number of hydrazone groups is 1. The van der Waals surface area contributed by atoms with Crippen LogP contribution in [0.2, 0.25) is 0 Å². The van der Waals surface area contributed by atoms with Gasteiger partial charge in [-0.05, 0) is 61.0 Å². The Morgan fingerprint density at radius 2 is 1.71 bits per heavy atom. The minimum Gasteiger partial charge on any atom is -0.497 e. The smallest absolute Gasteiger partial charge is 0.263 e. The summed E-state index contributed by atoms with van der Waals surface area (Å²) in [5, 5.41) is 3.87. The first-order chi connectivity index (χ1) is 14.6. The minimum atomic E-state index is -3.74. The van der Waals surface area contributed by atoms with Crippen LogP contribution in [0.25, 0.3) is 0 Å². The summed E-state index contributed by atoms with van der Waals surface area (Å²) in [7, 11) is -2.24. The monoisotopic (exact) mass is 448 g/mol. The van der Waals surface area contributed by atoms with Crippen molar-refractivity contribution >= 4 is 33.7 Å². The van der Waals surface area contributed by atoms with Gasteiger partial charge in [0.2, 0.25) is 10.0 Å². The van der Waals surface area contributed by atoms with Gasteiger partial charge in [0.15, 0.2) is 6.61 Å². The molecule has 0 fully saturated rings. The summed E-state index contributed by atoms with van der Waals surface area (Å²) in [6.45, 7) is 1.23. The van der Waals surface area contributed by atoms with Gasteiger partial charge in [-0.3, -0.25) is 13.9 Å². The summed E-state index contributed by atoms with van der Waals surface area (Å²) in [4.78, 5) is 23.2. The lowest BCUT2D eigenvalue weighted by Gasteiger charge is -2.27. The van der Waals surface area contributed by atoms with Crippen molar-refractivity contribution in [1.29, 1.82) is 0 Å². The van der Waals surface area contributed by atoms with E-state index in [9.17, 15) is 18.0 Å². The van der Waals surface area contributed by atoms with Crippen LogP contribution in [0.4, 0.5) is 5.69 Å². The van der Waals surface area contributed by atoms with Gasteiger partial charge in [0.1, 0.15) is 17.5 Å². The van der Waals surface area contributed by atoms with Crippen LogP contribution in [0.1, 0.15) is 12.5 Å². The highest BCUT2D eigenvalue weighted by Crippen LogP contribution is 2.23. The first-order valence-electron chi connectivity index (χ1n) is 9.09. The molecule has 0 spiro atoms. The van der Waals surface area contributed by atoms with Crippen molar-refractivity contribution < 1.29 is 27.5 Å². The molecule has 2 aromatic rings. The predicted molar refractivity (Wildman–Crippen MR) is 117 cm³/mol. The average Bonchev–Trinajstić information content (AvgIpc) is 2.72. The highest BCUT2D eigenvalue weighted by molar-refractivity contribution is 7.92. The Hall–Kier alpha value is -3.60. The van der Waals surface area contributed by atoms with Crippen molar-refractivity contribution in [3.63, 3.8) is 0 Å². The number of nitrogens with zero attached hydrogens (tertiary/aromatic N) is 2.